The highest BCUT2D eigenvalue weighted by Crippen LogP contribution is 2.58. The van der Waals surface area contributed by atoms with Gasteiger partial charge in [0.1, 0.15) is 5.82 Å². The highest BCUT2D eigenvalue weighted by molar-refractivity contribution is 5.31. The topological polar surface area (TPSA) is 12.0 Å². The SMILES string of the molecule is CCNC1C(C)C(c2ccccc2F)C1(C)CC. The van der Waals surface area contributed by atoms with Crippen molar-refractivity contribution in [2.24, 2.45) is 11.3 Å². The monoisotopic (exact) mass is 249 g/mol. The maximum atomic E-state index is 14.0. The van der Waals surface area contributed by atoms with Gasteiger partial charge in [-0.25, -0.2) is 4.39 Å². The number of nitrogens with one attached hydrogen (secondary N) is 1. The summed E-state index contributed by atoms with van der Waals surface area (Å²) in [6.45, 7) is 9.86. The van der Waals surface area contributed by atoms with Crippen LogP contribution in [0.4, 0.5) is 4.39 Å². The summed E-state index contributed by atoms with van der Waals surface area (Å²) in [4.78, 5) is 0. The van der Waals surface area contributed by atoms with E-state index in [1.807, 2.05) is 12.1 Å². The van der Waals surface area contributed by atoms with Gasteiger partial charge in [0.15, 0.2) is 0 Å². The lowest BCUT2D eigenvalue weighted by atomic mass is 9.48. The third kappa shape index (κ3) is 1.87. The van der Waals surface area contributed by atoms with E-state index in [-0.39, 0.29) is 11.2 Å². The minimum atomic E-state index is -0.0519. The van der Waals surface area contributed by atoms with E-state index >= 15 is 0 Å². The van der Waals surface area contributed by atoms with Crippen molar-refractivity contribution in [3.05, 3.63) is 35.6 Å². The molecule has 2 rings (SSSR count). The van der Waals surface area contributed by atoms with E-state index in [0.717, 1.165) is 18.5 Å². The lowest BCUT2D eigenvalue weighted by molar-refractivity contribution is -0.0204. The molecule has 0 aromatic heterocycles. The molecule has 1 aromatic rings. The van der Waals surface area contributed by atoms with E-state index in [9.17, 15) is 4.39 Å². The Bertz CT molecular complexity index is 417. The Labute approximate surface area is 110 Å². The van der Waals surface area contributed by atoms with Crippen LogP contribution < -0.4 is 5.32 Å². The molecule has 0 amide bonds. The molecule has 100 valence electrons. The van der Waals surface area contributed by atoms with Crippen LogP contribution in [0.3, 0.4) is 0 Å². The summed E-state index contributed by atoms with van der Waals surface area (Å²) in [6.07, 6.45) is 1.08. The Morgan fingerprint density at radius 1 is 1.28 bits per heavy atom. The molecule has 0 radical (unpaired) electrons. The van der Waals surface area contributed by atoms with Crippen molar-refractivity contribution in [2.45, 2.75) is 46.1 Å². The van der Waals surface area contributed by atoms with Gasteiger partial charge in [-0.2, -0.15) is 0 Å². The summed E-state index contributed by atoms with van der Waals surface area (Å²) in [5.74, 6) is 0.767. The molecule has 0 spiro atoms. The van der Waals surface area contributed by atoms with E-state index in [1.165, 1.54) is 0 Å². The second-order valence-electron chi connectivity index (χ2n) is 5.75. The molecule has 1 aromatic carbocycles. The van der Waals surface area contributed by atoms with Crippen molar-refractivity contribution in [1.29, 1.82) is 0 Å². The second kappa shape index (κ2) is 5.00. The molecule has 1 saturated carbocycles. The van der Waals surface area contributed by atoms with Crippen LogP contribution in [0.15, 0.2) is 24.3 Å². The molecule has 4 unspecified atom stereocenters. The van der Waals surface area contributed by atoms with Crippen LogP contribution in [0.1, 0.15) is 45.6 Å². The molecular formula is C16H24FN. The Morgan fingerprint density at radius 2 is 1.94 bits per heavy atom. The van der Waals surface area contributed by atoms with E-state index in [4.69, 9.17) is 0 Å². The minimum absolute atomic E-state index is 0.0519. The molecular weight excluding hydrogens is 225 g/mol. The molecule has 1 aliphatic carbocycles. The average Bonchev–Trinajstić information content (AvgIpc) is 2.38. The fourth-order valence-corrected chi connectivity index (χ4v) is 3.91. The van der Waals surface area contributed by atoms with Gasteiger partial charge >= 0.3 is 0 Å². The number of halogens is 1. The molecule has 1 aliphatic rings. The largest absolute Gasteiger partial charge is 0.313 e. The summed E-state index contributed by atoms with van der Waals surface area (Å²) in [7, 11) is 0. The van der Waals surface area contributed by atoms with Gasteiger partial charge in [0.2, 0.25) is 0 Å². The van der Waals surface area contributed by atoms with Crippen molar-refractivity contribution >= 4 is 0 Å². The number of hydrogen-bond donors (Lipinski definition) is 1. The summed E-state index contributed by atoms with van der Waals surface area (Å²) in [5.41, 5.74) is 1.06. The van der Waals surface area contributed by atoms with Crippen LogP contribution in [-0.2, 0) is 0 Å². The third-order valence-corrected chi connectivity index (χ3v) is 4.90. The van der Waals surface area contributed by atoms with Crippen molar-refractivity contribution < 1.29 is 4.39 Å². The quantitative estimate of drug-likeness (QED) is 0.852. The van der Waals surface area contributed by atoms with Gasteiger partial charge in [-0.3, -0.25) is 0 Å². The summed E-state index contributed by atoms with van der Waals surface area (Å²) >= 11 is 0. The van der Waals surface area contributed by atoms with Gasteiger partial charge in [0.05, 0.1) is 0 Å². The highest BCUT2D eigenvalue weighted by Gasteiger charge is 2.56. The molecule has 1 fully saturated rings. The van der Waals surface area contributed by atoms with E-state index in [0.29, 0.717) is 17.9 Å². The molecule has 0 saturated heterocycles. The Balaban J connectivity index is 2.32. The lowest BCUT2D eigenvalue weighted by Gasteiger charge is -2.60. The summed E-state index contributed by atoms with van der Waals surface area (Å²) in [6, 6.07) is 7.75. The maximum absolute atomic E-state index is 14.0. The van der Waals surface area contributed by atoms with Crippen LogP contribution in [-0.4, -0.2) is 12.6 Å². The van der Waals surface area contributed by atoms with Gasteiger partial charge < -0.3 is 5.32 Å². The van der Waals surface area contributed by atoms with Crippen LogP contribution in [0.25, 0.3) is 0 Å². The zero-order chi connectivity index (χ0) is 13.3. The lowest BCUT2D eigenvalue weighted by Crippen LogP contribution is -2.62. The molecule has 0 aliphatic heterocycles. The van der Waals surface area contributed by atoms with Crippen molar-refractivity contribution in [3.8, 4) is 0 Å². The molecule has 2 heteroatoms. The highest BCUT2D eigenvalue weighted by atomic mass is 19.1. The minimum Gasteiger partial charge on any atom is -0.313 e. The Kier molecular flexibility index (Phi) is 3.76. The van der Waals surface area contributed by atoms with E-state index in [1.54, 1.807) is 12.1 Å². The first kappa shape index (κ1) is 13.5. The van der Waals surface area contributed by atoms with E-state index < -0.39 is 0 Å². The number of rotatable bonds is 4. The van der Waals surface area contributed by atoms with Crippen LogP contribution in [0, 0.1) is 17.2 Å². The van der Waals surface area contributed by atoms with Crippen LogP contribution in [0.2, 0.25) is 0 Å². The third-order valence-electron chi connectivity index (χ3n) is 4.90. The zero-order valence-electron chi connectivity index (χ0n) is 11.8. The van der Waals surface area contributed by atoms with E-state index in [2.05, 4.69) is 33.0 Å². The fraction of sp³-hybridized carbons (Fsp3) is 0.625. The number of benzene rings is 1. The average molecular weight is 249 g/mol. The molecule has 1 N–H and O–H groups in total. The van der Waals surface area contributed by atoms with Gasteiger partial charge in [-0.05, 0) is 41.8 Å². The molecule has 0 heterocycles. The number of hydrogen-bond acceptors (Lipinski definition) is 1. The fourth-order valence-electron chi connectivity index (χ4n) is 3.91. The van der Waals surface area contributed by atoms with Crippen molar-refractivity contribution in [1.82, 2.24) is 5.32 Å². The second-order valence-corrected chi connectivity index (χ2v) is 5.75. The predicted molar refractivity (Wildman–Crippen MR) is 74.2 cm³/mol. The predicted octanol–water partition coefficient (Wildman–Crippen LogP) is 3.95. The summed E-state index contributed by atoms with van der Waals surface area (Å²) < 4.78 is 14.0. The maximum Gasteiger partial charge on any atom is 0.126 e. The molecule has 4 atom stereocenters. The van der Waals surface area contributed by atoms with Gasteiger partial charge in [0.25, 0.3) is 0 Å². The molecule has 18 heavy (non-hydrogen) atoms. The Morgan fingerprint density at radius 3 is 2.50 bits per heavy atom. The first-order valence-electron chi connectivity index (χ1n) is 7.04. The Hall–Kier alpha value is -0.890. The first-order valence-corrected chi connectivity index (χ1v) is 7.04. The van der Waals surface area contributed by atoms with Gasteiger partial charge in [0, 0.05) is 6.04 Å². The molecule has 0 bridgehead atoms. The zero-order valence-corrected chi connectivity index (χ0v) is 11.8. The van der Waals surface area contributed by atoms with Gasteiger partial charge in [-0.15, -0.1) is 0 Å². The standard InChI is InChI=1S/C16H24FN/c1-5-16(4)14(11(3)15(16)18-6-2)12-9-7-8-10-13(12)17/h7-11,14-15,18H,5-6H2,1-4H3. The van der Waals surface area contributed by atoms with Crippen molar-refractivity contribution in [3.63, 3.8) is 0 Å². The normalized spacial score (nSPS) is 35.3. The smallest absolute Gasteiger partial charge is 0.126 e. The van der Waals surface area contributed by atoms with Crippen LogP contribution >= 0.6 is 0 Å². The van der Waals surface area contributed by atoms with Gasteiger partial charge in [-0.1, -0.05) is 45.9 Å². The summed E-state index contributed by atoms with van der Waals surface area (Å²) in [5, 5.41) is 3.57. The first-order chi connectivity index (χ1) is 8.56. The van der Waals surface area contributed by atoms with Crippen LogP contribution in [0.5, 0.6) is 0 Å². The molecule has 1 nitrogen and oxygen atoms in total. The van der Waals surface area contributed by atoms with Crippen molar-refractivity contribution in [2.75, 3.05) is 6.54 Å².